The summed E-state index contributed by atoms with van der Waals surface area (Å²) in [6.07, 6.45) is 2.92. The van der Waals surface area contributed by atoms with Gasteiger partial charge in [-0.15, -0.1) is 0 Å². The van der Waals surface area contributed by atoms with Crippen molar-refractivity contribution in [3.05, 3.63) is 35.7 Å². The predicted octanol–water partition coefficient (Wildman–Crippen LogP) is 2.87. The van der Waals surface area contributed by atoms with Gasteiger partial charge in [0.2, 0.25) is 17.6 Å². The molecule has 0 saturated carbocycles. The maximum atomic E-state index is 12.4. The molecule has 1 saturated heterocycles. The third-order valence-corrected chi connectivity index (χ3v) is 4.59. The highest BCUT2D eigenvalue weighted by atomic mass is 16.5. The van der Waals surface area contributed by atoms with Gasteiger partial charge in [-0.3, -0.25) is 4.79 Å². The lowest BCUT2D eigenvalue weighted by Crippen LogP contribution is -2.45. The predicted molar refractivity (Wildman–Crippen MR) is 94.0 cm³/mol. The Morgan fingerprint density at radius 1 is 1.28 bits per heavy atom. The first-order valence-electron chi connectivity index (χ1n) is 9.00. The molecule has 0 aliphatic carbocycles. The number of carbonyl (C=O) groups is 1. The van der Waals surface area contributed by atoms with Gasteiger partial charge < -0.3 is 14.2 Å². The smallest absolute Gasteiger partial charge is 0.227 e. The first-order chi connectivity index (χ1) is 12.2. The van der Waals surface area contributed by atoms with Crippen LogP contribution in [-0.4, -0.2) is 46.7 Å². The van der Waals surface area contributed by atoms with Crippen molar-refractivity contribution >= 4 is 5.91 Å². The van der Waals surface area contributed by atoms with Gasteiger partial charge in [-0.05, 0) is 18.4 Å². The third kappa shape index (κ3) is 4.45. The van der Waals surface area contributed by atoms with Crippen LogP contribution >= 0.6 is 0 Å². The number of rotatable bonds is 6. The second-order valence-corrected chi connectivity index (χ2v) is 6.30. The van der Waals surface area contributed by atoms with Crippen molar-refractivity contribution in [3.8, 4) is 11.4 Å². The highest BCUT2D eigenvalue weighted by molar-refractivity contribution is 5.76. The van der Waals surface area contributed by atoms with Crippen LogP contribution in [0.25, 0.3) is 11.4 Å². The Morgan fingerprint density at radius 2 is 2.08 bits per heavy atom. The normalized spacial score (nSPS) is 17.7. The summed E-state index contributed by atoms with van der Waals surface area (Å²) in [4.78, 5) is 18.6. The van der Waals surface area contributed by atoms with Gasteiger partial charge in [-0.1, -0.05) is 43.3 Å². The Bertz CT molecular complexity index is 696. The summed E-state index contributed by atoms with van der Waals surface area (Å²) in [5, 5.41) is 4.03. The molecule has 0 spiro atoms. The number of ether oxygens (including phenoxy) is 1. The van der Waals surface area contributed by atoms with Gasteiger partial charge in [0, 0.05) is 31.5 Å². The fourth-order valence-electron chi connectivity index (χ4n) is 2.93. The van der Waals surface area contributed by atoms with Gasteiger partial charge >= 0.3 is 0 Å². The van der Waals surface area contributed by atoms with E-state index in [1.165, 1.54) is 5.56 Å². The van der Waals surface area contributed by atoms with Crippen molar-refractivity contribution < 1.29 is 14.1 Å². The number of aromatic nitrogens is 2. The summed E-state index contributed by atoms with van der Waals surface area (Å²) in [6.45, 7) is 6.15. The van der Waals surface area contributed by atoms with Crippen molar-refractivity contribution in [3.63, 3.8) is 0 Å². The molecule has 1 aromatic heterocycles. The Morgan fingerprint density at radius 3 is 2.80 bits per heavy atom. The average molecular weight is 343 g/mol. The summed E-state index contributed by atoms with van der Waals surface area (Å²) >= 11 is 0. The van der Waals surface area contributed by atoms with Gasteiger partial charge in [0.1, 0.15) is 0 Å². The van der Waals surface area contributed by atoms with Crippen molar-refractivity contribution in [1.29, 1.82) is 0 Å². The minimum Gasteiger partial charge on any atom is -0.375 e. The van der Waals surface area contributed by atoms with Crippen LogP contribution in [0.1, 0.15) is 38.1 Å². The molecule has 1 amide bonds. The lowest BCUT2D eigenvalue weighted by atomic mass is 10.1. The first-order valence-corrected chi connectivity index (χ1v) is 9.00. The highest BCUT2D eigenvalue weighted by Crippen LogP contribution is 2.18. The molecule has 25 heavy (non-hydrogen) atoms. The second kappa shape index (κ2) is 8.25. The van der Waals surface area contributed by atoms with Gasteiger partial charge in [-0.2, -0.15) is 4.98 Å². The Kier molecular flexibility index (Phi) is 5.81. The van der Waals surface area contributed by atoms with Crippen LogP contribution < -0.4 is 0 Å². The molecule has 2 aromatic rings. The van der Waals surface area contributed by atoms with E-state index < -0.39 is 0 Å². The summed E-state index contributed by atoms with van der Waals surface area (Å²) in [5.74, 6) is 1.19. The van der Waals surface area contributed by atoms with Gasteiger partial charge in [0.05, 0.1) is 12.7 Å². The van der Waals surface area contributed by atoms with E-state index in [1.807, 2.05) is 17.0 Å². The minimum absolute atomic E-state index is 0.119. The highest BCUT2D eigenvalue weighted by Gasteiger charge is 2.23. The van der Waals surface area contributed by atoms with Gasteiger partial charge in [0.15, 0.2) is 0 Å². The van der Waals surface area contributed by atoms with Crippen LogP contribution in [0.15, 0.2) is 28.8 Å². The van der Waals surface area contributed by atoms with Crippen LogP contribution in [0.4, 0.5) is 0 Å². The summed E-state index contributed by atoms with van der Waals surface area (Å²) in [7, 11) is 0. The molecule has 0 N–H and O–H groups in total. The van der Waals surface area contributed by atoms with Gasteiger partial charge in [0.25, 0.3) is 0 Å². The maximum Gasteiger partial charge on any atom is 0.227 e. The van der Waals surface area contributed by atoms with E-state index in [4.69, 9.17) is 9.26 Å². The van der Waals surface area contributed by atoms with E-state index in [0.29, 0.717) is 44.3 Å². The molecule has 1 atom stereocenters. The van der Waals surface area contributed by atoms with E-state index in [0.717, 1.165) is 18.4 Å². The quantitative estimate of drug-likeness (QED) is 0.807. The van der Waals surface area contributed by atoms with Crippen molar-refractivity contribution in [2.24, 2.45) is 0 Å². The number of benzene rings is 1. The van der Waals surface area contributed by atoms with Crippen LogP contribution in [0.3, 0.4) is 0 Å². The summed E-state index contributed by atoms with van der Waals surface area (Å²) in [5.41, 5.74) is 2.20. The molecule has 1 aromatic carbocycles. The average Bonchev–Trinajstić information content (AvgIpc) is 3.15. The number of nitrogens with zero attached hydrogens (tertiary/aromatic N) is 3. The van der Waals surface area contributed by atoms with Crippen LogP contribution in [0, 0.1) is 0 Å². The van der Waals surface area contributed by atoms with E-state index in [9.17, 15) is 4.79 Å². The second-order valence-electron chi connectivity index (χ2n) is 6.30. The molecular weight excluding hydrogens is 318 g/mol. The fourth-order valence-corrected chi connectivity index (χ4v) is 2.93. The fraction of sp³-hybridized carbons (Fsp3) is 0.526. The Labute approximate surface area is 148 Å². The topological polar surface area (TPSA) is 68.5 Å². The largest absolute Gasteiger partial charge is 0.375 e. The first kappa shape index (κ1) is 17.6. The molecule has 1 aliphatic rings. The maximum absolute atomic E-state index is 12.4. The van der Waals surface area contributed by atoms with E-state index in [1.54, 1.807) is 0 Å². The standard InChI is InChI=1S/C19H25N3O3/c1-3-14-5-7-15(8-6-14)19-20-17(25-21-19)9-10-18(23)22-11-12-24-16(4-2)13-22/h5-8,16H,3-4,9-13H2,1-2H3. The van der Waals surface area contributed by atoms with Crippen molar-refractivity contribution in [1.82, 2.24) is 15.0 Å². The van der Waals surface area contributed by atoms with Crippen LogP contribution in [0.5, 0.6) is 0 Å². The lowest BCUT2D eigenvalue weighted by molar-refractivity contribution is -0.138. The molecule has 1 unspecified atom stereocenters. The van der Waals surface area contributed by atoms with Crippen LogP contribution in [0.2, 0.25) is 0 Å². The van der Waals surface area contributed by atoms with E-state index in [2.05, 4.69) is 36.1 Å². The van der Waals surface area contributed by atoms with Gasteiger partial charge in [-0.25, -0.2) is 0 Å². The number of morpholine rings is 1. The molecule has 134 valence electrons. The number of amides is 1. The minimum atomic E-state index is 0.119. The summed E-state index contributed by atoms with van der Waals surface area (Å²) in [6, 6.07) is 8.13. The van der Waals surface area contributed by atoms with Crippen molar-refractivity contribution in [2.45, 2.75) is 45.6 Å². The summed E-state index contributed by atoms with van der Waals surface area (Å²) < 4.78 is 10.9. The number of carbonyl (C=O) groups excluding carboxylic acids is 1. The SMILES string of the molecule is CCc1ccc(-c2noc(CCC(=O)N3CCOC(CC)C3)n2)cc1. The molecular formula is C19H25N3O3. The van der Waals surface area contributed by atoms with E-state index in [-0.39, 0.29) is 12.0 Å². The lowest BCUT2D eigenvalue weighted by Gasteiger charge is -2.32. The zero-order chi connectivity index (χ0) is 17.6. The van der Waals surface area contributed by atoms with Crippen molar-refractivity contribution in [2.75, 3.05) is 19.7 Å². The number of hydrogen-bond acceptors (Lipinski definition) is 5. The molecule has 0 bridgehead atoms. The Balaban J connectivity index is 1.55. The molecule has 3 rings (SSSR count). The Hall–Kier alpha value is -2.21. The van der Waals surface area contributed by atoms with Crippen LogP contribution in [-0.2, 0) is 22.4 Å². The zero-order valence-corrected chi connectivity index (χ0v) is 14.9. The van der Waals surface area contributed by atoms with E-state index >= 15 is 0 Å². The molecule has 2 heterocycles. The number of aryl methyl sites for hydroxylation is 2. The zero-order valence-electron chi connectivity index (χ0n) is 14.9. The number of hydrogen-bond donors (Lipinski definition) is 0. The molecule has 6 nitrogen and oxygen atoms in total. The monoisotopic (exact) mass is 343 g/mol. The third-order valence-electron chi connectivity index (χ3n) is 4.59. The molecule has 1 aliphatic heterocycles. The molecule has 6 heteroatoms. The molecule has 0 radical (unpaired) electrons. The molecule has 1 fully saturated rings.